The average Bonchev–Trinajstić information content (AvgIpc) is 3.01. The SMILES string of the molecule is O=C(C[C@H]1CCCO1)Nc1ccnc(Sc2ccccn2)c1. The van der Waals surface area contributed by atoms with Crippen LogP contribution in [0.5, 0.6) is 0 Å². The van der Waals surface area contributed by atoms with Gasteiger partial charge in [0.1, 0.15) is 10.1 Å². The predicted molar refractivity (Wildman–Crippen MR) is 84.8 cm³/mol. The van der Waals surface area contributed by atoms with Crippen molar-refractivity contribution in [2.75, 3.05) is 11.9 Å². The first-order chi connectivity index (χ1) is 10.8. The third kappa shape index (κ3) is 4.29. The zero-order chi connectivity index (χ0) is 15.2. The van der Waals surface area contributed by atoms with Gasteiger partial charge in [-0.2, -0.15) is 0 Å². The van der Waals surface area contributed by atoms with Gasteiger partial charge < -0.3 is 10.1 Å². The van der Waals surface area contributed by atoms with Gasteiger partial charge in [-0.25, -0.2) is 9.97 Å². The van der Waals surface area contributed by atoms with Crippen LogP contribution in [0.2, 0.25) is 0 Å². The number of hydrogen-bond acceptors (Lipinski definition) is 5. The summed E-state index contributed by atoms with van der Waals surface area (Å²) in [6, 6.07) is 9.37. The number of hydrogen-bond donors (Lipinski definition) is 1. The van der Waals surface area contributed by atoms with E-state index in [1.54, 1.807) is 18.5 Å². The van der Waals surface area contributed by atoms with Gasteiger partial charge in [-0.1, -0.05) is 17.8 Å². The third-order valence-corrected chi connectivity index (χ3v) is 4.19. The van der Waals surface area contributed by atoms with E-state index in [-0.39, 0.29) is 12.0 Å². The zero-order valence-electron chi connectivity index (χ0n) is 12.1. The largest absolute Gasteiger partial charge is 0.378 e. The summed E-state index contributed by atoms with van der Waals surface area (Å²) in [4.78, 5) is 20.6. The summed E-state index contributed by atoms with van der Waals surface area (Å²) in [5.74, 6) is -0.0214. The quantitative estimate of drug-likeness (QED) is 0.918. The Bertz CT molecular complexity index is 630. The Balaban J connectivity index is 1.59. The second kappa shape index (κ2) is 7.38. The molecule has 1 aliphatic heterocycles. The maximum Gasteiger partial charge on any atom is 0.226 e. The van der Waals surface area contributed by atoms with Crippen LogP contribution in [-0.2, 0) is 9.53 Å². The van der Waals surface area contributed by atoms with E-state index < -0.39 is 0 Å². The normalized spacial score (nSPS) is 17.4. The van der Waals surface area contributed by atoms with E-state index >= 15 is 0 Å². The summed E-state index contributed by atoms with van der Waals surface area (Å²) in [6.07, 6.45) is 5.90. The minimum atomic E-state index is -0.0214. The fourth-order valence-corrected chi connectivity index (χ4v) is 3.06. The van der Waals surface area contributed by atoms with E-state index in [9.17, 15) is 4.79 Å². The van der Waals surface area contributed by atoms with Gasteiger partial charge in [0.05, 0.1) is 12.5 Å². The molecule has 2 aromatic heterocycles. The van der Waals surface area contributed by atoms with Crippen molar-refractivity contribution in [1.29, 1.82) is 0 Å². The Hall–Kier alpha value is -1.92. The molecule has 0 unspecified atom stereocenters. The van der Waals surface area contributed by atoms with Crippen molar-refractivity contribution in [3.05, 3.63) is 42.7 Å². The first-order valence-electron chi connectivity index (χ1n) is 7.26. The van der Waals surface area contributed by atoms with Crippen molar-refractivity contribution in [3.63, 3.8) is 0 Å². The van der Waals surface area contributed by atoms with Crippen LogP contribution in [0.1, 0.15) is 19.3 Å². The summed E-state index contributed by atoms with van der Waals surface area (Å²) >= 11 is 1.46. The van der Waals surface area contributed by atoms with Crippen molar-refractivity contribution in [2.24, 2.45) is 0 Å². The van der Waals surface area contributed by atoms with Crippen LogP contribution in [0.3, 0.4) is 0 Å². The van der Waals surface area contributed by atoms with E-state index in [0.717, 1.165) is 35.2 Å². The molecular formula is C16H17N3O2S. The molecule has 1 aliphatic rings. The highest BCUT2D eigenvalue weighted by molar-refractivity contribution is 7.99. The van der Waals surface area contributed by atoms with Gasteiger partial charge >= 0.3 is 0 Å². The Morgan fingerprint density at radius 2 is 2.18 bits per heavy atom. The Morgan fingerprint density at radius 1 is 1.27 bits per heavy atom. The molecule has 6 heteroatoms. The number of carbonyl (C=O) groups excluding carboxylic acids is 1. The fraction of sp³-hybridized carbons (Fsp3) is 0.312. The monoisotopic (exact) mass is 315 g/mol. The van der Waals surface area contributed by atoms with Crippen LogP contribution in [0.15, 0.2) is 52.8 Å². The Kier molecular flexibility index (Phi) is 5.03. The Morgan fingerprint density at radius 3 is 2.95 bits per heavy atom. The predicted octanol–water partition coefficient (Wildman–Crippen LogP) is 3.14. The van der Waals surface area contributed by atoms with Crippen LogP contribution >= 0.6 is 11.8 Å². The standard InChI is InChI=1S/C16H17N3O2S/c20-14(11-13-4-3-9-21-13)19-12-6-8-18-16(10-12)22-15-5-1-2-7-17-15/h1-2,5-8,10,13H,3-4,9,11H2,(H,18,19,20)/t13-/m1/s1. The lowest BCUT2D eigenvalue weighted by molar-refractivity contribution is -0.118. The second-order valence-corrected chi connectivity index (χ2v) is 6.08. The van der Waals surface area contributed by atoms with Crippen LogP contribution in [0, 0.1) is 0 Å². The van der Waals surface area contributed by atoms with Crippen molar-refractivity contribution in [2.45, 2.75) is 35.4 Å². The lowest BCUT2D eigenvalue weighted by Gasteiger charge is -2.10. The van der Waals surface area contributed by atoms with Crippen LogP contribution in [0.4, 0.5) is 5.69 Å². The number of anilines is 1. The molecule has 0 bridgehead atoms. The van der Waals surface area contributed by atoms with E-state index in [2.05, 4.69) is 15.3 Å². The number of nitrogens with zero attached hydrogens (tertiary/aromatic N) is 2. The molecule has 1 saturated heterocycles. The molecule has 1 amide bonds. The molecule has 0 spiro atoms. The second-order valence-electron chi connectivity index (χ2n) is 5.04. The number of amides is 1. The summed E-state index contributed by atoms with van der Waals surface area (Å²) in [7, 11) is 0. The van der Waals surface area contributed by atoms with Gasteiger partial charge in [0.2, 0.25) is 5.91 Å². The smallest absolute Gasteiger partial charge is 0.226 e. The number of ether oxygens (including phenoxy) is 1. The summed E-state index contributed by atoms with van der Waals surface area (Å²) < 4.78 is 5.48. The van der Waals surface area contributed by atoms with Gasteiger partial charge in [-0.3, -0.25) is 4.79 Å². The molecule has 1 fully saturated rings. The summed E-state index contributed by atoms with van der Waals surface area (Å²) in [6.45, 7) is 0.762. The molecule has 1 atom stereocenters. The first-order valence-corrected chi connectivity index (χ1v) is 8.07. The van der Waals surface area contributed by atoms with E-state index in [1.807, 2.05) is 24.3 Å². The molecule has 2 aromatic rings. The molecule has 0 aromatic carbocycles. The van der Waals surface area contributed by atoms with E-state index in [4.69, 9.17) is 4.74 Å². The number of carbonyl (C=O) groups is 1. The van der Waals surface area contributed by atoms with Gasteiger partial charge in [0, 0.05) is 24.7 Å². The van der Waals surface area contributed by atoms with Crippen molar-refractivity contribution >= 4 is 23.4 Å². The topological polar surface area (TPSA) is 64.1 Å². The molecule has 0 aliphatic carbocycles. The fourth-order valence-electron chi connectivity index (χ4n) is 2.28. The lowest BCUT2D eigenvalue weighted by atomic mass is 10.2. The molecule has 3 rings (SSSR count). The molecular weight excluding hydrogens is 298 g/mol. The highest BCUT2D eigenvalue weighted by Gasteiger charge is 2.19. The minimum Gasteiger partial charge on any atom is -0.378 e. The molecule has 0 saturated carbocycles. The number of nitrogens with one attached hydrogen (secondary N) is 1. The van der Waals surface area contributed by atoms with Gasteiger partial charge in [-0.05, 0) is 37.1 Å². The summed E-state index contributed by atoms with van der Waals surface area (Å²) in [5, 5.41) is 4.57. The maximum absolute atomic E-state index is 12.0. The molecule has 114 valence electrons. The first kappa shape index (κ1) is 15.0. The summed E-state index contributed by atoms with van der Waals surface area (Å²) in [5.41, 5.74) is 0.747. The zero-order valence-corrected chi connectivity index (χ0v) is 12.9. The highest BCUT2D eigenvalue weighted by Crippen LogP contribution is 2.25. The molecule has 0 radical (unpaired) electrons. The molecule has 5 nitrogen and oxygen atoms in total. The molecule has 22 heavy (non-hydrogen) atoms. The number of pyridine rings is 2. The van der Waals surface area contributed by atoms with Gasteiger partial charge in [0.15, 0.2) is 0 Å². The van der Waals surface area contributed by atoms with Crippen LogP contribution < -0.4 is 5.32 Å². The van der Waals surface area contributed by atoms with Crippen molar-refractivity contribution < 1.29 is 9.53 Å². The maximum atomic E-state index is 12.0. The van der Waals surface area contributed by atoms with Gasteiger partial charge in [0.25, 0.3) is 0 Å². The average molecular weight is 315 g/mol. The van der Waals surface area contributed by atoms with E-state index in [0.29, 0.717) is 6.42 Å². The van der Waals surface area contributed by atoms with Crippen LogP contribution in [-0.4, -0.2) is 28.6 Å². The van der Waals surface area contributed by atoms with E-state index in [1.165, 1.54) is 11.8 Å². The number of aromatic nitrogens is 2. The minimum absolute atomic E-state index is 0.0214. The van der Waals surface area contributed by atoms with Crippen molar-refractivity contribution in [1.82, 2.24) is 9.97 Å². The number of rotatable bonds is 5. The molecule has 1 N–H and O–H groups in total. The Labute approximate surface area is 133 Å². The lowest BCUT2D eigenvalue weighted by Crippen LogP contribution is -2.19. The van der Waals surface area contributed by atoms with Crippen LogP contribution in [0.25, 0.3) is 0 Å². The highest BCUT2D eigenvalue weighted by atomic mass is 32.2. The van der Waals surface area contributed by atoms with Crippen molar-refractivity contribution in [3.8, 4) is 0 Å². The third-order valence-electron chi connectivity index (χ3n) is 3.30. The molecule has 3 heterocycles. The van der Waals surface area contributed by atoms with Gasteiger partial charge in [-0.15, -0.1) is 0 Å².